The number of fused-ring (bicyclic) bond motifs is 1. The van der Waals surface area contributed by atoms with Gasteiger partial charge < -0.3 is 25.2 Å². The predicted molar refractivity (Wildman–Crippen MR) is 108 cm³/mol. The van der Waals surface area contributed by atoms with Crippen LogP contribution in [0.5, 0.6) is 5.75 Å². The van der Waals surface area contributed by atoms with Crippen molar-refractivity contribution in [2.24, 2.45) is 0 Å². The summed E-state index contributed by atoms with van der Waals surface area (Å²) in [5.74, 6) is 0.451. The van der Waals surface area contributed by atoms with Crippen LogP contribution in [0.3, 0.4) is 0 Å². The summed E-state index contributed by atoms with van der Waals surface area (Å²) in [6.45, 7) is 10.1. The van der Waals surface area contributed by atoms with E-state index in [9.17, 15) is 14.7 Å². The molecule has 0 bridgehead atoms. The Kier molecular flexibility index (Phi) is 7.26. The van der Waals surface area contributed by atoms with Gasteiger partial charge in [-0.1, -0.05) is 0 Å². The van der Waals surface area contributed by atoms with Gasteiger partial charge in [0.15, 0.2) is 0 Å². The van der Waals surface area contributed by atoms with E-state index in [0.717, 1.165) is 5.56 Å². The van der Waals surface area contributed by atoms with Crippen LogP contribution in [0.2, 0.25) is 0 Å². The molecule has 0 saturated carbocycles. The average molecular weight is 393 g/mol. The van der Waals surface area contributed by atoms with Gasteiger partial charge in [0.25, 0.3) is 0 Å². The van der Waals surface area contributed by atoms with Crippen molar-refractivity contribution in [1.82, 2.24) is 5.32 Å². The zero-order valence-corrected chi connectivity index (χ0v) is 17.2. The number of aliphatic hydroxyl groups excluding tert-OH is 1. The fourth-order valence-electron chi connectivity index (χ4n) is 2.72. The van der Waals surface area contributed by atoms with Crippen molar-refractivity contribution in [3.05, 3.63) is 17.7 Å². The summed E-state index contributed by atoms with van der Waals surface area (Å²) >= 11 is 0. The molecule has 1 atom stereocenters. The maximum Gasteiger partial charge on any atom is 0.411 e. The number of carbonyl (C=O) groups excluding carboxylic acids is 2. The van der Waals surface area contributed by atoms with Crippen molar-refractivity contribution in [3.8, 4) is 5.75 Å². The van der Waals surface area contributed by atoms with Crippen LogP contribution in [0.1, 0.15) is 46.6 Å². The number of rotatable bonds is 7. The minimum absolute atomic E-state index is 0.0949. The molecule has 28 heavy (non-hydrogen) atoms. The normalized spacial score (nSPS) is 14.9. The van der Waals surface area contributed by atoms with E-state index in [2.05, 4.69) is 16.0 Å². The van der Waals surface area contributed by atoms with E-state index in [1.807, 2.05) is 20.8 Å². The quantitative estimate of drug-likeness (QED) is 0.567. The van der Waals surface area contributed by atoms with Crippen molar-refractivity contribution in [1.29, 1.82) is 0 Å². The molecule has 0 fully saturated rings. The molecule has 0 aliphatic carbocycles. The van der Waals surface area contributed by atoms with Gasteiger partial charge in [-0.3, -0.25) is 10.1 Å². The number of hydrogen-bond donors (Lipinski definition) is 4. The lowest BCUT2D eigenvalue weighted by Crippen LogP contribution is -2.42. The van der Waals surface area contributed by atoms with Gasteiger partial charge in [0.05, 0.1) is 17.5 Å². The van der Waals surface area contributed by atoms with Gasteiger partial charge in [0, 0.05) is 24.1 Å². The Labute approximate surface area is 166 Å². The van der Waals surface area contributed by atoms with Crippen LogP contribution >= 0.6 is 0 Å². The fraction of sp³-hybridized carbons (Fsp3) is 0.600. The topological polar surface area (TPSA) is 109 Å². The number of aliphatic hydroxyl groups is 1. The van der Waals surface area contributed by atoms with E-state index in [-0.39, 0.29) is 24.2 Å². The highest BCUT2D eigenvalue weighted by Gasteiger charge is 2.24. The molecular formula is C20H31N3O5. The average Bonchev–Trinajstić information content (AvgIpc) is 2.58. The smallest absolute Gasteiger partial charge is 0.411 e. The highest BCUT2D eigenvalue weighted by molar-refractivity contribution is 6.01. The summed E-state index contributed by atoms with van der Waals surface area (Å²) in [6, 6.07) is 3.38. The summed E-state index contributed by atoms with van der Waals surface area (Å²) in [5.41, 5.74) is 1.66. The minimum Gasteiger partial charge on any atom is -0.490 e. The first-order valence-electron chi connectivity index (χ1n) is 9.54. The number of anilines is 2. The predicted octanol–water partition coefficient (Wildman–Crippen LogP) is 2.66. The molecule has 0 aromatic heterocycles. The second-order valence-electron chi connectivity index (χ2n) is 8.19. The van der Waals surface area contributed by atoms with Crippen LogP contribution in [0.15, 0.2) is 12.1 Å². The summed E-state index contributed by atoms with van der Waals surface area (Å²) < 4.78 is 10.9. The fourth-order valence-corrected chi connectivity index (χ4v) is 2.72. The molecule has 2 rings (SSSR count). The van der Waals surface area contributed by atoms with E-state index in [1.54, 1.807) is 26.0 Å². The van der Waals surface area contributed by atoms with Crippen LogP contribution in [0.4, 0.5) is 16.2 Å². The number of carbonyl (C=O) groups is 2. The SMILES string of the molecule is CC(C)OC(=O)Nc1ccc(OCC(O)CNC(C)(C)C)c2c1NC(=O)CC2. The van der Waals surface area contributed by atoms with Crippen molar-refractivity contribution < 1.29 is 24.2 Å². The molecule has 1 aliphatic heterocycles. The number of amides is 2. The van der Waals surface area contributed by atoms with Gasteiger partial charge >= 0.3 is 6.09 Å². The third-order valence-corrected chi connectivity index (χ3v) is 4.02. The van der Waals surface area contributed by atoms with Crippen LogP contribution in [-0.4, -0.2) is 48.0 Å². The van der Waals surface area contributed by atoms with E-state index in [1.165, 1.54) is 0 Å². The van der Waals surface area contributed by atoms with Gasteiger partial charge in [-0.2, -0.15) is 0 Å². The molecular weight excluding hydrogens is 362 g/mol. The Morgan fingerprint density at radius 1 is 1.29 bits per heavy atom. The van der Waals surface area contributed by atoms with Crippen LogP contribution in [-0.2, 0) is 16.0 Å². The Balaban J connectivity index is 2.10. The first-order valence-corrected chi connectivity index (χ1v) is 9.54. The summed E-state index contributed by atoms with van der Waals surface area (Å²) in [5, 5.41) is 18.8. The monoisotopic (exact) mass is 393 g/mol. The van der Waals surface area contributed by atoms with E-state index < -0.39 is 12.2 Å². The number of hydrogen-bond acceptors (Lipinski definition) is 6. The van der Waals surface area contributed by atoms with Gasteiger partial charge in [-0.15, -0.1) is 0 Å². The Bertz CT molecular complexity index is 713. The van der Waals surface area contributed by atoms with Gasteiger partial charge in [-0.05, 0) is 53.2 Å². The largest absolute Gasteiger partial charge is 0.490 e. The third-order valence-electron chi connectivity index (χ3n) is 4.02. The van der Waals surface area contributed by atoms with E-state index in [0.29, 0.717) is 36.5 Å². The summed E-state index contributed by atoms with van der Waals surface area (Å²) in [4.78, 5) is 23.8. The Hall–Kier alpha value is -2.32. The van der Waals surface area contributed by atoms with E-state index in [4.69, 9.17) is 9.47 Å². The van der Waals surface area contributed by atoms with Gasteiger partial charge in [0.1, 0.15) is 18.5 Å². The molecule has 156 valence electrons. The zero-order chi connectivity index (χ0) is 20.9. The van der Waals surface area contributed by atoms with Crippen molar-refractivity contribution in [2.45, 2.75) is 65.2 Å². The van der Waals surface area contributed by atoms with E-state index >= 15 is 0 Å². The number of nitrogens with one attached hydrogen (secondary N) is 3. The van der Waals surface area contributed by atoms with Crippen molar-refractivity contribution >= 4 is 23.4 Å². The van der Waals surface area contributed by atoms with Gasteiger partial charge in [-0.25, -0.2) is 4.79 Å². The summed E-state index contributed by atoms with van der Waals surface area (Å²) in [6.07, 6.45) is -0.698. The highest BCUT2D eigenvalue weighted by atomic mass is 16.6. The molecule has 1 aliphatic rings. The molecule has 0 saturated heterocycles. The van der Waals surface area contributed by atoms with Crippen LogP contribution in [0.25, 0.3) is 0 Å². The molecule has 4 N–H and O–H groups in total. The highest BCUT2D eigenvalue weighted by Crippen LogP contribution is 2.37. The lowest BCUT2D eigenvalue weighted by atomic mass is 10.0. The van der Waals surface area contributed by atoms with Crippen LogP contribution < -0.4 is 20.7 Å². The second-order valence-corrected chi connectivity index (χ2v) is 8.19. The molecule has 8 heteroatoms. The number of benzene rings is 1. The number of β-amino-alcohol motifs (C(OH)–C–C–N with tert-alkyl or cyclic N) is 1. The zero-order valence-electron chi connectivity index (χ0n) is 17.2. The molecule has 8 nitrogen and oxygen atoms in total. The first kappa shape index (κ1) is 22.0. The lowest BCUT2D eigenvalue weighted by Gasteiger charge is -2.25. The third kappa shape index (κ3) is 6.69. The maximum absolute atomic E-state index is 11.9. The lowest BCUT2D eigenvalue weighted by molar-refractivity contribution is -0.116. The van der Waals surface area contributed by atoms with Gasteiger partial charge in [0.2, 0.25) is 5.91 Å². The second kappa shape index (κ2) is 9.25. The molecule has 1 unspecified atom stereocenters. The Morgan fingerprint density at radius 3 is 2.64 bits per heavy atom. The Morgan fingerprint density at radius 2 is 2.00 bits per heavy atom. The first-order chi connectivity index (χ1) is 13.0. The van der Waals surface area contributed by atoms with Crippen LogP contribution in [0, 0.1) is 0 Å². The molecule has 0 spiro atoms. The molecule has 0 radical (unpaired) electrons. The molecule has 2 amide bonds. The van der Waals surface area contributed by atoms with Crippen molar-refractivity contribution in [2.75, 3.05) is 23.8 Å². The minimum atomic E-state index is -0.674. The summed E-state index contributed by atoms with van der Waals surface area (Å²) in [7, 11) is 0. The molecule has 1 aromatic carbocycles. The van der Waals surface area contributed by atoms with Crippen molar-refractivity contribution in [3.63, 3.8) is 0 Å². The molecule has 1 aromatic rings. The number of ether oxygens (including phenoxy) is 2. The molecule has 1 heterocycles. The standard InChI is InChI=1S/C20H31N3O5/c1-12(2)28-19(26)22-15-7-8-16(14-6-9-17(25)23-18(14)15)27-11-13(24)10-21-20(3,4)5/h7-8,12-13,21,24H,6,9-11H2,1-5H3,(H,22,26)(H,23,25). The maximum atomic E-state index is 11.9.